The van der Waals surface area contributed by atoms with Crippen LogP contribution in [0.1, 0.15) is 51.0 Å². The van der Waals surface area contributed by atoms with Crippen molar-refractivity contribution in [2.75, 3.05) is 27.3 Å². The van der Waals surface area contributed by atoms with Crippen LogP contribution in [0.25, 0.3) is 0 Å². The Morgan fingerprint density at radius 2 is 1.96 bits per heavy atom. The first-order chi connectivity index (χ1) is 12.3. The summed E-state index contributed by atoms with van der Waals surface area (Å²) in [6.07, 6.45) is 8.58. The number of hydrogen-bond donors (Lipinski definition) is 2. The van der Waals surface area contributed by atoms with Crippen LogP contribution in [-0.2, 0) is 6.42 Å². The minimum Gasteiger partial charge on any atom is -0.493 e. The quantitative estimate of drug-likeness (QED) is 0.257. The Morgan fingerprint density at radius 1 is 1.19 bits per heavy atom. The Labute approximate surface area is 175 Å². The van der Waals surface area contributed by atoms with Gasteiger partial charge in [-0.2, -0.15) is 0 Å². The lowest BCUT2D eigenvalue weighted by Gasteiger charge is -2.24. The molecule has 0 saturated heterocycles. The molecule has 1 aromatic carbocycles. The Hall–Kier alpha value is -1.18. The summed E-state index contributed by atoms with van der Waals surface area (Å²) in [5.41, 5.74) is 1.27. The number of methoxy groups -OCH3 is 1. The minimum absolute atomic E-state index is 0. The number of ether oxygens (including phenoxy) is 2. The zero-order valence-electron chi connectivity index (χ0n) is 16.3. The summed E-state index contributed by atoms with van der Waals surface area (Å²) in [6, 6.07) is 6.75. The van der Waals surface area contributed by atoms with Crippen molar-refractivity contribution in [2.24, 2.45) is 4.99 Å². The van der Waals surface area contributed by atoms with Gasteiger partial charge in [-0.25, -0.2) is 0 Å². The van der Waals surface area contributed by atoms with Crippen molar-refractivity contribution in [3.63, 3.8) is 0 Å². The molecule has 2 rings (SSSR count). The highest BCUT2D eigenvalue weighted by Gasteiger charge is 2.14. The summed E-state index contributed by atoms with van der Waals surface area (Å²) in [7, 11) is 3.52. The van der Waals surface area contributed by atoms with E-state index in [1.165, 1.54) is 37.7 Å². The van der Waals surface area contributed by atoms with Crippen LogP contribution in [0.3, 0.4) is 0 Å². The zero-order chi connectivity index (χ0) is 17.9. The molecule has 0 spiro atoms. The van der Waals surface area contributed by atoms with Crippen LogP contribution in [0.5, 0.6) is 11.5 Å². The summed E-state index contributed by atoms with van der Waals surface area (Å²) in [4.78, 5) is 4.35. The predicted molar refractivity (Wildman–Crippen MR) is 119 cm³/mol. The molecule has 5 nitrogen and oxygen atoms in total. The lowest BCUT2D eigenvalue weighted by atomic mass is 9.96. The van der Waals surface area contributed by atoms with E-state index in [1.54, 1.807) is 7.11 Å². The van der Waals surface area contributed by atoms with E-state index in [0.29, 0.717) is 12.6 Å². The molecule has 26 heavy (non-hydrogen) atoms. The maximum atomic E-state index is 5.65. The number of hydrogen-bond acceptors (Lipinski definition) is 3. The van der Waals surface area contributed by atoms with Gasteiger partial charge >= 0.3 is 0 Å². The third kappa shape index (κ3) is 7.60. The number of guanidine groups is 1. The third-order valence-corrected chi connectivity index (χ3v) is 4.63. The van der Waals surface area contributed by atoms with Crippen LogP contribution in [0.15, 0.2) is 23.2 Å². The van der Waals surface area contributed by atoms with E-state index in [2.05, 4.69) is 27.8 Å². The van der Waals surface area contributed by atoms with Gasteiger partial charge in [-0.3, -0.25) is 4.99 Å². The lowest BCUT2D eigenvalue weighted by Crippen LogP contribution is -2.44. The highest BCUT2D eigenvalue weighted by molar-refractivity contribution is 14.0. The van der Waals surface area contributed by atoms with Gasteiger partial charge in [0.25, 0.3) is 0 Å². The molecule has 1 aliphatic carbocycles. The normalized spacial score (nSPS) is 15.1. The maximum absolute atomic E-state index is 5.65. The fourth-order valence-electron chi connectivity index (χ4n) is 3.28. The standard InChI is InChI=1S/C20H33N3O2.HI/c1-4-25-19-15-16(12-13-18(19)24-3)9-8-14-22-20(21-2)23-17-10-6-5-7-11-17;/h12-13,15,17H,4-11,14H2,1-3H3,(H2,21,22,23);1H. The number of halogens is 1. The molecule has 1 saturated carbocycles. The smallest absolute Gasteiger partial charge is 0.191 e. The topological polar surface area (TPSA) is 54.9 Å². The van der Waals surface area contributed by atoms with Gasteiger partial charge in [-0.15, -0.1) is 24.0 Å². The number of nitrogens with zero attached hydrogens (tertiary/aromatic N) is 1. The number of aryl methyl sites for hydroxylation is 1. The summed E-state index contributed by atoms with van der Waals surface area (Å²) in [5, 5.41) is 6.98. The molecular formula is C20H34IN3O2. The Morgan fingerprint density at radius 3 is 2.62 bits per heavy atom. The number of nitrogens with one attached hydrogen (secondary N) is 2. The van der Waals surface area contributed by atoms with Crippen LogP contribution >= 0.6 is 24.0 Å². The molecule has 1 aliphatic rings. The summed E-state index contributed by atoms with van der Waals surface area (Å²) in [6.45, 7) is 3.54. The van der Waals surface area contributed by atoms with Crippen LogP contribution in [-0.4, -0.2) is 39.3 Å². The number of rotatable bonds is 8. The molecule has 1 fully saturated rings. The van der Waals surface area contributed by atoms with Gasteiger partial charge in [0.2, 0.25) is 0 Å². The zero-order valence-corrected chi connectivity index (χ0v) is 18.7. The van der Waals surface area contributed by atoms with Crippen molar-refractivity contribution in [3.05, 3.63) is 23.8 Å². The molecule has 0 unspecified atom stereocenters. The molecule has 0 amide bonds. The second-order valence-electron chi connectivity index (χ2n) is 6.50. The molecule has 0 heterocycles. The molecule has 0 aromatic heterocycles. The predicted octanol–water partition coefficient (Wildman–Crippen LogP) is 4.14. The van der Waals surface area contributed by atoms with Crippen molar-refractivity contribution in [1.82, 2.24) is 10.6 Å². The van der Waals surface area contributed by atoms with Gasteiger partial charge in [-0.1, -0.05) is 25.3 Å². The average molecular weight is 475 g/mol. The third-order valence-electron chi connectivity index (χ3n) is 4.63. The molecule has 0 atom stereocenters. The van der Waals surface area contributed by atoms with Crippen molar-refractivity contribution in [1.29, 1.82) is 0 Å². The van der Waals surface area contributed by atoms with Crippen molar-refractivity contribution in [2.45, 2.75) is 57.9 Å². The van der Waals surface area contributed by atoms with E-state index in [-0.39, 0.29) is 24.0 Å². The fraction of sp³-hybridized carbons (Fsp3) is 0.650. The Bertz CT molecular complexity index is 546. The monoisotopic (exact) mass is 475 g/mol. The Balaban J connectivity index is 0.00000338. The van der Waals surface area contributed by atoms with Crippen LogP contribution in [0.2, 0.25) is 0 Å². The second-order valence-corrected chi connectivity index (χ2v) is 6.50. The van der Waals surface area contributed by atoms with Crippen LogP contribution < -0.4 is 20.1 Å². The van der Waals surface area contributed by atoms with Gasteiger partial charge in [0.1, 0.15) is 0 Å². The highest BCUT2D eigenvalue weighted by Crippen LogP contribution is 2.28. The van der Waals surface area contributed by atoms with E-state index < -0.39 is 0 Å². The van der Waals surface area contributed by atoms with Crippen LogP contribution in [0.4, 0.5) is 0 Å². The molecular weight excluding hydrogens is 441 g/mol. The maximum Gasteiger partial charge on any atom is 0.191 e. The van der Waals surface area contributed by atoms with Crippen molar-refractivity contribution < 1.29 is 9.47 Å². The van der Waals surface area contributed by atoms with Gasteiger partial charge in [-0.05, 0) is 50.3 Å². The minimum atomic E-state index is 0. The van der Waals surface area contributed by atoms with Gasteiger partial charge in [0.05, 0.1) is 13.7 Å². The number of aliphatic imine (C=N–C) groups is 1. The summed E-state index contributed by atoms with van der Waals surface area (Å²) in [5.74, 6) is 2.54. The first-order valence-corrected chi connectivity index (χ1v) is 9.53. The van der Waals surface area contributed by atoms with E-state index in [9.17, 15) is 0 Å². The molecule has 148 valence electrons. The first kappa shape index (κ1) is 22.9. The molecule has 0 radical (unpaired) electrons. The largest absolute Gasteiger partial charge is 0.493 e. The van der Waals surface area contributed by atoms with E-state index in [1.807, 2.05) is 20.0 Å². The van der Waals surface area contributed by atoms with Gasteiger partial charge < -0.3 is 20.1 Å². The highest BCUT2D eigenvalue weighted by atomic mass is 127. The number of benzene rings is 1. The molecule has 1 aromatic rings. The SMILES string of the molecule is CCOc1cc(CCCNC(=NC)NC2CCCCC2)ccc1OC.I. The molecule has 0 aliphatic heterocycles. The first-order valence-electron chi connectivity index (χ1n) is 9.53. The second kappa shape index (κ2) is 13.1. The summed E-state index contributed by atoms with van der Waals surface area (Å²) < 4.78 is 11.0. The van der Waals surface area contributed by atoms with E-state index in [0.717, 1.165) is 36.8 Å². The van der Waals surface area contributed by atoms with Crippen molar-refractivity contribution >= 4 is 29.9 Å². The molecule has 2 N–H and O–H groups in total. The van der Waals surface area contributed by atoms with Crippen LogP contribution in [0, 0.1) is 0 Å². The van der Waals surface area contributed by atoms with Crippen molar-refractivity contribution in [3.8, 4) is 11.5 Å². The average Bonchev–Trinajstić information content (AvgIpc) is 2.65. The lowest BCUT2D eigenvalue weighted by molar-refractivity contribution is 0.310. The summed E-state index contributed by atoms with van der Waals surface area (Å²) >= 11 is 0. The Kier molecular flexibility index (Phi) is 11.5. The van der Waals surface area contributed by atoms with Gasteiger partial charge in [0.15, 0.2) is 17.5 Å². The van der Waals surface area contributed by atoms with Gasteiger partial charge in [0, 0.05) is 19.6 Å². The van der Waals surface area contributed by atoms with E-state index >= 15 is 0 Å². The van der Waals surface area contributed by atoms with E-state index in [4.69, 9.17) is 9.47 Å². The molecule has 0 bridgehead atoms. The fourth-order valence-corrected chi connectivity index (χ4v) is 3.28. The molecule has 6 heteroatoms.